The second-order valence-electron chi connectivity index (χ2n) is 7.69. The van der Waals surface area contributed by atoms with Gasteiger partial charge in [-0.1, -0.05) is 0 Å². The summed E-state index contributed by atoms with van der Waals surface area (Å²) < 4.78 is 35.5. The topological polar surface area (TPSA) is 109 Å². The highest BCUT2D eigenvalue weighted by molar-refractivity contribution is 5.75. The SMILES string of the molecule is COc1cn2ncc(-c3nc(N[C@H]4CNCC[C@@H]4F)ncc3F)c2nc1C(C)(C)O. The van der Waals surface area contributed by atoms with Gasteiger partial charge in [-0.3, -0.25) is 0 Å². The van der Waals surface area contributed by atoms with E-state index in [-0.39, 0.29) is 17.3 Å². The molecule has 0 aromatic carbocycles. The van der Waals surface area contributed by atoms with E-state index in [1.165, 1.54) is 17.8 Å². The quantitative estimate of drug-likeness (QED) is 0.573. The fourth-order valence-corrected chi connectivity index (χ4v) is 3.41. The van der Waals surface area contributed by atoms with Crippen LogP contribution in [0.4, 0.5) is 14.7 Å². The standard InChI is InChI=1S/C19H23F2N7O2/c1-19(2,29)16-14(30-3)9-28-17(27-16)10(6-24-28)15-12(21)7-23-18(26-15)25-13-8-22-5-4-11(13)20/h6-7,9,11,13,22,29H,4-5,8H2,1-3H3,(H,23,25,26)/t11-,13-/m0/s1. The van der Waals surface area contributed by atoms with Gasteiger partial charge in [0.25, 0.3) is 0 Å². The van der Waals surface area contributed by atoms with E-state index in [0.717, 1.165) is 6.20 Å². The van der Waals surface area contributed by atoms with Crippen molar-refractivity contribution < 1.29 is 18.6 Å². The third-order valence-electron chi connectivity index (χ3n) is 4.97. The van der Waals surface area contributed by atoms with Crippen molar-refractivity contribution in [2.45, 2.75) is 38.1 Å². The normalized spacial score (nSPS) is 19.8. The molecule has 0 spiro atoms. The number of nitrogens with one attached hydrogen (secondary N) is 2. The summed E-state index contributed by atoms with van der Waals surface area (Å²) >= 11 is 0. The summed E-state index contributed by atoms with van der Waals surface area (Å²) in [5.74, 6) is -0.219. The van der Waals surface area contributed by atoms with E-state index in [0.29, 0.717) is 36.5 Å². The van der Waals surface area contributed by atoms with Crippen LogP contribution in [0.15, 0.2) is 18.6 Å². The first-order valence-corrected chi connectivity index (χ1v) is 9.57. The molecule has 1 aliphatic heterocycles. The number of aliphatic hydroxyl groups is 1. The molecule has 0 aliphatic carbocycles. The van der Waals surface area contributed by atoms with E-state index in [4.69, 9.17) is 4.74 Å². The summed E-state index contributed by atoms with van der Waals surface area (Å²) in [6, 6.07) is -0.509. The zero-order valence-corrected chi connectivity index (χ0v) is 16.9. The molecule has 1 aliphatic rings. The zero-order valence-electron chi connectivity index (χ0n) is 16.9. The molecule has 0 saturated carbocycles. The first-order valence-electron chi connectivity index (χ1n) is 9.57. The van der Waals surface area contributed by atoms with Gasteiger partial charge in [0.2, 0.25) is 5.95 Å². The van der Waals surface area contributed by atoms with Crippen molar-refractivity contribution in [1.82, 2.24) is 29.9 Å². The van der Waals surface area contributed by atoms with Crippen LogP contribution >= 0.6 is 0 Å². The monoisotopic (exact) mass is 419 g/mol. The Kier molecular flexibility index (Phi) is 5.24. The van der Waals surface area contributed by atoms with Crippen LogP contribution in [0.3, 0.4) is 0 Å². The molecular weight excluding hydrogens is 396 g/mol. The van der Waals surface area contributed by atoms with Crippen LogP contribution in [-0.4, -0.2) is 62.1 Å². The number of methoxy groups -OCH3 is 1. The van der Waals surface area contributed by atoms with Crippen LogP contribution in [0.25, 0.3) is 16.9 Å². The van der Waals surface area contributed by atoms with Gasteiger partial charge >= 0.3 is 0 Å². The van der Waals surface area contributed by atoms with Crippen LogP contribution in [0, 0.1) is 5.82 Å². The predicted octanol–water partition coefficient (Wildman–Crippen LogP) is 1.67. The number of nitrogens with zero attached hydrogens (tertiary/aromatic N) is 5. The molecule has 0 radical (unpaired) electrons. The van der Waals surface area contributed by atoms with Crippen molar-refractivity contribution in [3.8, 4) is 17.0 Å². The lowest BCUT2D eigenvalue weighted by Crippen LogP contribution is -2.46. The molecule has 2 atom stereocenters. The number of anilines is 1. The molecule has 1 saturated heterocycles. The Morgan fingerprint density at radius 3 is 2.83 bits per heavy atom. The van der Waals surface area contributed by atoms with Gasteiger partial charge in [0.1, 0.15) is 23.2 Å². The molecule has 3 aromatic heterocycles. The van der Waals surface area contributed by atoms with E-state index in [9.17, 15) is 13.9 Å². The Hall–Kier alpha value is -2.92. The summed E-state index contributed by atoms with van der Waals surface area (Å²) in [6.07, 6.45) is 3.33. The molecule has 4 rings (SSSR count). The second kappa shape index (κ2) is 7.73. The number of ether oxygens (including phenoxy) is 1. The third kappa shape index (κ3) is 3.77. The number of alkyl halides is 1. The van der Waals surface area contributed by atoms with Crippen molar-refractivity contribution in [2.75, 3.05) is 25.5 Å². The molecule has 3 N–H and O–H groups in total. The summed E-state index contributed by atoms with van der Waals surface area (Å²) in [7, 11) is 1.46. The highest BCUT2D eigenvalue weighted by atomic mass is 19.1. The fraction of sp³-hybridized carbons (Fsp3) is 0.474. The van der Waals surface area contributed by atoms with Gasteiger partial charge in [-0.15, -0.1) is 0 Å². The van der Waals surface area contributed by atoms with Crippen molar-refractivity contribution >= 4 is 11.6 Å². The maximum Gasteiger partial charge on any atom is 0.223 e. The van der Waals surface area contributed by atoms with E-state index in [1.54, 1.807) is 20.0 Å². The molecule has 11 heteroatoms. The molecule has 3 aromatic rings. The number of hydrogen-bond acceptors (Lipinski definition) is 8. The minimum Gasteiger partial charge on any atom is -0.493 e. The molecule has 1 fully saturated rings. The lowest BCUT2D eigenvalue weighted by molar-refractivity contribution is 0.0707. The van der Waals surface area contributed by atoms with Gasteiger partial charge in [0.15, 0.2) is 17.2 Å². The van der Waals surface area contributed by atoms with Crippen LogP contribution in [0.2, 0.25) is 0 Å². The minimum atomic E-state index is -1.30. The highest BCUT2D eigenvalue weighted by Gasteiger charge is 2.27. The first-order chi connectivity index (χ1) is 14.3. The van der Waals surface area contributed by atoms with Gasteiger partial charge in [0, 0.05) is 6.54 Å². The lowest BCUT2D eigenvalue weighted by Gasteiger charge is -2.27. The fourth-order valence-electron chi connectivity index (χ4n) is 3.41. The Morgan fingerprint density at radius 1 is 1.33 bits per heavy atom. The van der Waals surface area contributed by atoms with Crippen molar-refractivity contribution in [3.63, 3.8) is 0 Å². The Balaban J connectivity index is 1.76. The second-order valence-corrected chi connectivity index (χ2v) is 7.69. The maximum absolute atomic E-state index is 14.6. The molecule has 9 nitrogen and oxygen atoms in total. The average Bonchev–Trinajstić information content (AvgIpc) is 3.12. The summed E-state index contributed by atoms with van der Waals surface area (Å²) in [4.78, 5) is 12.7. The van der Waals surface area contributed by atoms with Crippen LogP contribution in [-0.2, 0) is 5.60 Å². The van der Waals surface area contributed by atoms with E-state index < -0.39 is 23.6 Å². The Morgan fingerprint density at radius 2 is 2.13 bits per heavy atom. The molecule has 30 heavy (non-hydrogen) atoms. The molecular formula is C19H23F2N7O2. The van der Waals surface area contributed by atoms with Crippen molar-refractivity contribution in [1.29, 1.82) is 0 Å². The van der Waals surface area contributed by atoms with Gasteiger partial charge in [0.05, 0.1) is 37.3 Å². The highest BCUT2D eigenvalue weighted by Crippen LogP contribution is 2.31. The molecule has 0 unspecified atom stereocenters. The molecule has 160 valence electrons. The number of hydrogen-bond donors (Lipinski definition) is 3. The Bertz CT molecular complexity index is 1070. The number of halogens is 2. The van der Waals surface area contributed by atoms with Gasteiger partial charge in [-0.25, -0.2) is 28.2 Å². The number of rotatable bonds is 5. The summed E-state index contributed by atoms with van der Waals surface area (Å²) in [5.41, 5.74) is -0.444. The van der Waals surface area contributed by atoms with Gasteiger partial charge in [-0.2, -0.15) is 5.10 Å². The smallest absolute Gasteiger partial charge is 0.223 e. The number of aromatic nitrogens is 5. The molecule has 4 heterocycles. The zero-order chi connectivity index (χ0) is 21.5. The lowest BCUT2D eigenvalue weighted by atomic mass is 10.0. The van der Waals surface area contributed by atoms with Gasteiger partial charge < -0.3 is 20.5 Å². The first kappa shape index (κ1) is 20.4. The van der Waals surface area contributed by atoms with E-state index in [2.05, 4.69) is 30.7 Å². The summed E-state index contributed by atoms with van der Waals surface area (Å²) in [5, 5.41) is 20.7. The molecule has 0 amide bonds. The number of piperidine rings is 1. The Labute approximate surface area is 171 Å². The maximum atomic E-state index is 14.6. The van der Waals surface area contributed by atoms with Crippen LogP contribution in [0.5, 0.6) is 5.75 Å². The van der Waals surface area contributed by atoms with Crippen LogP contribution < -0.4 is 15.4 Å². The van der Waals surface area contributed by atoms with Gasteiger partial charge in [-0.05, 0) is 26.8 Å². The van der Waals surface area contributed by atoms with E-state index >= 15 is 0 Å². The van der Waals surface area contributed by atoms with E-state index in [1.807, 2.05) is 0 Å². The van der Waals surface area contributed by atoms with Crippen LogP contribution in [0.1, 0.15) is 26.0 Å². The van der Waals surface area contributed by atoms with Crippen molar-refractivity contribution in [2.24, 2.45) is 0 Å². The number of fused-ring (bicyclic) bond motifs is 1. The minimum absolute atomic E-state index is 0.0268. The predicted molar refractivity (Wildman–Crippen MR) is 106 cm³/mol. The molecule has 0 bridgehead atoms. The average molecular weight is 419 g/mol. The third-order valence-corrected chi connectivity index (χ3v) is 4.97. The summed E-state index contributed by atoms with van der Waals surface area (Å²) in [6.45, 7) is 4.17. The largest absolute Gasteiger partial charge is 0.493 e. The van der Waals surface area contributed by atoms with Crippen molar-refractivity contribution in [3.05, 3.63) is 30.1 Å².